The lowest BCUT2D eigenvalue weighted by Gasteiger charge is -2.25. The standard InChI is InChI=1S/C49H55N7O8S/c1-32-28-51-45(54-46(32)53-36-9-5-11-39(26-36)65(61,62)55-49(2,3)4)25-33-19-21-38(22-20-33)63-24-8-23-50-48(60)52-29-34-15-17-35(18-16-34)31-64-44-14-7-12-40-41(44)30-56(47(40)59)42-13-6-10-37(57)27-43(42)58/h5,7,9,11-12,14-22,26,28,42,55H,6,8,10,13,23-25,27,29-31H2,1-4H3,(H2,50,52,60)(H,51,53,54)/t42-/m0/s1. The number of anilines is 2. The second-order valence-corrected chi connectivity index (χ2v) is 19.1. The van der Waals surface area contributed by atoms with Crippen LogP contribution in [0.15, 0.2) is 102 Å². The monoisotopic (exact) mass is 901 g/mol. The van der Waals surface area contributed by atoms with Crippen molar-refractivity contribution in [1.29, 1.82) is 0 Å². The Morgan fingerprint density at radius 2 is 1.63 bits per heavy atom. The summed E-state index contributed by atoms with van der Waals surface area (Å²) in [4.78, 5) is 61.4. The van der Waals surface area contributed by atoms with Crippen LogP contribution in [0.25, 0.3) is 0 Å². The summed E-state index contributed by atoms with van der Waals surface area (Å²) in [6.45, 7) is 8.99. The number of ketones is 2. The number of carbonyl (C=O) groups is 4. The maximum Gasteiger partial charge on any atom is 0.315 e. The van der Waals surface area contributed by atoms with E-state index in [1.165, 1.54) is 0 Å². The van der Waals surface area contributed by atoms with Gasteiger partial charge in [-0.25, -0.2) is 27.9 Å². The number of urea groups is 1. The zero-order chi connectivity index (χ0) is 46.1. The topological polar surface area (TPSA) is 198 Å². The number of rotatable bonds is 17. The number of nitrogens with zero attached hydrogens (tertiary/aromatic N) is 3. The van der Waals surface area contributed by atoms with E-state index < -0.39 is 21.6 Å². The minimum atomic E-state index is -3.70. The van der Waals surface area contributed by atoms with Crippen molar-refractivity contribution in [3.8, 4) is 11.5 Å². The van der Waals surface area contributed by atoms with Gasteiger partial charge in [0.25, 0.3) is 5.91 Å². The highest BCUT2D eigenvalue weighted by molar-refractivity contribution is 7.89. The molecule has 1 atom stereocenters. The largest absolute Gasteiger partial charge is 0.494 e. The Hall–Kier alpha value is -6.65. The molecule has 0 bridgehead atoms. The van der Waals surface area contributed by atoms with Crippen molar-refractivity contribution in [2.24, 2.45) is 0 Å². The number of aromatic nitrogens is 2. The summed E-state index contributed by atoms with van der Waals surface area (Å²) >= 11 is 0. The van der Waals surface area contributed by atoms with E-state index in [-0.39, 0.29) is 48.0 Å². The molecule has 4 N–H and O–H groups in total. The highest BCUT2D eigenvalue weighted by atomic mass is 32.2. The lowest BCUT2D eigenvalue weighted by molar-refractivity contribution is -0.128. The van der Waals surface area contributed by atoms with Crippen LogP contribution in [0.1, 0.15) is 96.9 Å². The molecule has 1 aliphatic carbocycles. The van der Waals surface area contributed by atoms with Crippen molar-refractivity contribution in [2.45, 2.75) is 102 Å². The molecule has 5 aromatic rings. The SMILES string of the molecule is Cc1cnc(Cc2ccc(OCCCNC(=O)NCc3ccc(COc4cccc5c4CN([C@H]4CCCC(=O)CC4=O)C5=O)cc3)cc2)nc1Nc1cccc(S(=O)(=O)NC(C)(C)C)c1. The highest BCUT2D eigenvalue weighted by Crippen LogP contribution is 2.35. The predicted octanol–water partition coefficient (Wildman–Crippen LogP) is 7.08. The van der Waals surface area contributed by atoms with Crippen LogP contribution in [-0.4, -0.2) is 71.5 Å². The second-order valence-electron chi connectivity index (χ2n) is 17.4. The Balaban J connectivity index is 0.798. The Morgan fingerprint density at radius 3 is 2.40 bits per heavy atom. The molecule has 4 aromatic carbocycles. The zero-order valence-electron chi connectivity index (χ0n) is 37.1. The lowest BCUT2D eigenvalue weighted by Crippen LogP contribution is -2.41. The summed E-state index contributed by atoms with van der Waals surface area (Å²) in [6, 6.07) is 26.4. The maximum absolute atomic E-state index is 13.3. The van der Waals surface area contributed by atoms with Crippen LogP contribution in [-0.2, 0) is 45.7 Å². The molecule has 0 spiro atoms. The number of aryl methyl sites for hydroxylation is 1. The fraction of sp³-hybridized carbons (Fsp3) is 0.347. The van der Waals surface area contributed by atoms with Crippen LogP contribution in [0, 0.1) is 6.92 Å². The van der Waals surface area contributed by atoms with Gasteiger partial charge in [-0.2, -0.15) is 0 Å². The van der Waals surface area contributed by atoms with Crippen molar-refractivity contribution in [3.63, 3.8) is 0 Å². The van der Waals surface area contributed by atoms with Crippen LogP contribution in [0.4, 0.5) is 16.3 Å². The van der Waals surface area contributed by atoms with Crippen LogP contribution in [0.3, 0.4) is 0 Å². The summed E-state index contributed by atoms with van der Waals surface area (Å²) in [5.41, 5.74) is 4.88. The molecule has 1 aliphatic heterocycles. The molecule has 1 fully saturated rings. The second kappa shape index (κ2) is 20.5. The lowest BCUT2D eigenvalue weighted by atomic mass is 10.1. The average molecular weight is 902 g/mol. The first-order chi connectivity index (χ1) is 31.1. The Morgan fingerprint density at radius 1 is 0.892 bits per heavy atom. The van der Waals surface area contributed by atoms with E-state index in [0.717, 1.165) is 27.8 Å². The van der Waals surface area contributed by atoms with Crippen LogP contribution in [0.2, 0.25) is 0 Å². The van der Waals surface area contributed by atoms with Gasteiger partial charge >= 0.3 is 6.03 Å². The van der Waals surface area contributed by atoms with Gasteiger partial charge in [0.05, 0.1) is 30.5 Å². The molecule has 0 saturated heterocycles. The van der Waals surface area contributed by atoms with Gasteiger partial charge in [0.2, 0.25) is 10.0 Å². The number of hydrogen-bond acceptors (Lipinski definition) is 11. The number of sulfonamides is 1. The molecule has 15 nitrogen and oxygen atoms in total. The number of fused-ring (bicyclic) bond motifs is 1. The van der Waals surface area contributed by atoms with Crippen molar-refractivity contribution < 1.29 is 37.1 Å². The van der Waals surface area contributed by atoms with E-state index in [1.54, 1.807) is 68.3 Å². The van der Waals surface area contributed by atoms with Crippen LogP contribution >= 0.6 is 0 Å². The fourth-order valence-electron chi connectivity index (χ4n) is 7.64. The Labute approximate surface area is 379 Å². The zero-order valence-corrected chi connectivity index (χ0v) is 37.9. The first-order valence-electron chi connectivity index (χ1n) is 21.7. The number of benzene rings is 4. The molecular weight excluding hydrogens is 847 g/mol. The summed E-state index contributed by atoms with van der Waals surface area (Å²) in [5, 5.41) is 8.99. The first kappa shape index (κ1) is 46.3. The minimum absolute atomic E-state index is 0.0681. The van der Waals surface area contributed by atoms with Gasteiger partial charge in [0.1, 0.15) is 35.5 Å². The van der Waals surface area contributed by atoms with Crippen molar-refractivity contribution in [1.82, 2.24) is 30.2 Å². The van der Waals surface area contributed by atoms with E-state index in [1.807, 2.05) is 61.5 Å². The highest BCUT2D eigenvalue weighted by Gasteiger charge is 2.39. The number of hydrogen-bond donors (Lipinski definition) is 4. The molecule has 16 heteroatoms. The van der Waals surface area contributed by atoms with E-state index in [9.17, 15) is 27.6 Å². The average Bonchev–Trinajstić information content (AvgIpc) is 3.50. The number of Topliss-reactive ketones (excluding diaryl/α,β-unsaturated/α-hetero) is 2. The molecule has 0 unspecified atom stereocenters. The van der Waals surface area contributed by atoms with Crippen molar-refractivity contribution >= 4 is 45.0 Å². The molecule has 2 aliphatic rings. The van der Waals surface area contributed by atoms with Gasteiger partial charge in [-0.3, -0.25) is 14.4 Å². The van der Waals surface area contributed by atoms with E-state index in [4.69, 9.17) is 14.5 Å². The molecular formula is C49H55N7O8S. The summed E-state index contributed by atoms with van der Waals surface area (Å²) in [5.74, 6) is 2.00. The van der Waals surface area contributed by atoms with Crippen LogP contribution < -0.4 is 30.1 Å². The Bertz CT molecular complexity index is 2650. The Kier molecular flexibility index (Phi) is 14.6. The number of carbonyl (C=O) groups excluding carboxylic acids is 4. The van der Waals surface area contributed by atoms with E-state index >= 15 is 0 Å². The van der Waals surface area contributed by atoms with E-state index in [0.29, 0.717) is 86.2 Å². The van der Waals surface area contributed by atoms with Gasteiger partial charge in [-0.15, -0.1) is 0 Å². The predicted molar refractivity (Wildman–Crippen MR) is 246 cm³/mol. The van der Waals surface area contributed by atoms with Crippen molar-refractivity contribution in [3.05, 3.63) is 136 Å². The maximum atomic E-state index is 13.3. The molecule has 7 rings (SSSR count). The smallest absolute Gasteiger partial charge is 0.315 e. The number of nitrogens with one attached hydrogen (secondary N) is 4. The van der Waals surface area contributed by atoms with Gasteiger partial charge in [-0.1, -0.05) is 48.5 Å². The third-order valence-corrected chi connectivity index (χ3v) is 12.7. The molecule has 1 aromatic heterocycles. The normalized spacial score (nSPS) is 15.3. The molecule has 340 valence electrons. The number of amides is 3. The molecule has 2 heterocycles. The van der Waals surface area contributed by atoms with Gasteiger partial charge in [0, 0.05) is 60.0 Å². The number of ether oxygens (including phenoxy) is 2. The third kappa shape index (κ3) is 12.5. The van der Waals surface area contributed by atoms with Gasteiger partial charge < -0.3 is 30.3 Å². The summed E-state index contributed by atoms with van der Waals surface area (Å²) in [6.07, 6.45) is 4.15. The van der Waals surface area contributed by atoms with Gasteiger partial charge in [0.15, 0.2) is 5.78 Å². The molecule has 65 heavy (non-hydrogen) atoms. The molecule has 0 radical (unpaired) electrons. The molecule has 3 amide bonds. The third-order valence-electron chi connectivity index (χ3n) is 10.9. The summed E-state index contributed by atoms with van der Waals surface area (Å²) < 4.78 is 40.5. The minimum Gasteiger partial charge on any atom is -0.494 e. The van der Waals surface area contributed by atoms with E-state index in [2.05, 4.69) is 25.7 Å². The first-order valence-corrected chi connectivity index (χ1v) is 23.2. The van der Waals surface area contributed by atoms with Crippen molar-refractivity contribution in [2.75, 3.05) is 18.5 Å². The summed E-state index contributed by atoms with van der Waals surface area (Å²) in [7, 11) is -3.70. The van der Waals surface area contributed by atoms with Crippen LogP contribution in [0.5, 0.6) is 11.5 Å². The molecule has 1 saturated carbocycles. The quantitative estimate of drug-likeness (QED) is 0.0423. The fourth-order valence-corrected chi connectivity index (χ4v) is 9.10. The van der Waals surface area contributed by atoms with Gasteiger partial charge in [-0.05, 0) is 106 Å².